The first-order valence-corrected chi connectivity index (χ1v) is 6.50. The van der Waals surface area contributed by atoms with Crippen LogP contribution in [0.3, 0.4) is 0 Å². The van der Waals surface area contributed by atoms with Crippen molar-refractivity contribution in [3.05, 3.63) is 0 Å². The maximum atomic E-state index is 5.47. The second kappa shape index (κ2) is 4.84. The van der Waals surface area contributed by atoms with Crippen LogP contribution >= 0.6 is 0 Å². The Morgan fingerprint density at radius 2 is 1.93 bits per heavy atom. The van der Waals surface area contributed by atoms with Crippen molar-refractivity contribution in [2.45, 2.75) is 39.5 Å². The van der Waals surface area contributed by atoms with Gasteiger partial charge in [-0.05, 0) is 50.1 Å². The molecule has 15 heavy (non-hydrogen) atoms. The molecule has 2 saturated heterocycles. The molecule has 0 aliphatic carbocycles. The van der Waals surface area contributed by atoms with E-state index >= 15 is 0 Å². The Kier molecular flexibility index (Phi) is 3.68. The zero-order valence-corrected chi connectivity index (χ0v) is 10.3. The number of hydrogen-bond donors (Lipinski definition) is 0. The molecule has 0 unspecified atom stereocenters. The van der Waals surface area contributed by atoms with Gasteiger partial charge in [0.15, 0.2) is 0 Å². The summed E-state index contributed by atoms with van der Waals surface area (Å²) in [4.78, 5) is 2.67. The Balaban J connectivity index is 1.78. The number of rotatable bonds is 3. The summed E-state index contributed by atoms with van der Waals surface area (Å²) in [5, 5.41) is 0. The first-order chi connectivity index (χ1) is 7.20. The van der Waals surface area contributed by atoms with Gasteiger partial charge < -0.3 is 9.64 Å². The molecular weight excluding hydrogens is 186 g/mol. The van der Waals surface area contributed by atoms with E-state index in [1.807, 2.05) is 0 Å². The van der Waals surface area contributed by atoms with Gasteiger partial charge in [-0.2, -0.15) is 0 Å². The Bertz CT molecular complexity index is 197. The van der Waals surface area contributed by atoms with E-state index in [4.69, 9.17) is 4.74 Å². The molecule has 2 aliphatic rings. The molecule has 88 valence electrons. The van der Waals surface area contributed by atoms with Crippen molar-refractivity contribution in [1.82, 2.24) is 4.90 Å². The Morgan fingerprint density at radius 1 is 1.20 bits per heavy atom. The third-order valence-electron chi connectivity index (χ3n) is 4.09. The van der Waals surface area contributed by atoms with Gasteiger partial charge in [-0.25, -0.2) is 0 Å². The molecular formula is C13H25NO. The molecule has 0 radical (unpaired) electrons. The van der Waals surface area contributed by atoms with Gasteiger partial charge in [0.25, 0.3) is 0 Å². The highest BCUT2D eigenvalue weighted by molar-refractivity contribution is 4.91. The van der Waals surface area contributed by atoms with Gasteiger partial charge in [-0.1, -0.05) is 13.8 Å². The third-order valence-corrected chi connectivity index (χ3v) is 4.09. The van der Waals surface area contributed by atoms with E-state index in [0.29, 0.717) is 5.41 Å². The second-order valence-corrected chi connectivity index (χ2v) is 5.82. The summed E-state index contributed by atoms with van der Waals surface area (Å²) in [6.45, 7) is 10.6. The molecule has 0 amide bonds. The normalized spacial score (nSPS) is 26.6. The van der Waals surface area contributed by atoms with Crippen molar-refractivity contribution in [2.24, 2.45) is 11.3 Å². The van der Waals surface area contributed by atoms with Gasteiger partial charge in [0.2, 0.25) is 0 Å². The summed E-state index contributed by atoms with van der Waals surface area (Å²) in [6.07, 6.45) is 5.36. The van der Waals surface area contributed by atoms with E-state index in [9.17, 15) is 0 Å². The van der Waals surface area contributed by atoms with Crippen LogP contribution in [0.5, 0.6) is 0 Å². The van der Waals surface area contributed by atoms with E-state index in [0.717, 1.165) is 19.1 Å². The smallest absolute Gasteiger partial charge is 0.0471 e. The topological polar surface area (TPSA) is 12.5 Å². The molecule has 0 atom stereocenters. The lowest BCUT2D eigenvalue weighted by atomic mass is 9.80. The zero-order chi connectivity index (χ0) is 10.7. The van der Waals surface area contributed by atoms with Crippen LogP contribution in [0.1, 0.15) is 39.5 Å². The quantitative estimate of drug-likeness (QED) is 0.711. The molecule has 2 nitrogen and oxygen atoms in total. The van der Waals surface area contributed by atoms with Crippen LogP contribution in [-0.4, -0.2) is 37.7 Å². The maximum Gasteiger partial charge on any atom is 0.0471 e. The molecule has 0 N–H and O–H groups in total. The third kappa shape index (κ3) is 2.94. The van der Waals surface area contributed by atoms with Gasteiger partial charge in [0.05, 0.1) is 0 Å². The minimum absolute atomic E-state index is 0.634. The monoisotopic (exact) mass is 211 g/mol. The predicted octanol–water partition coefficient (Wildman–Crippen LogP) is 2.54. The van der Waals surface area contributed by atoms with Gasteiger partial charge in [0.1, 0.15) is 0 Å². The van der Waals surface area contributed by atoms with E-state index < -0.39 is 0 Å². The Hall–Kier alpha value is -0.0800. The first-order valence-electron chi connectivity index (χ1n) is 6.50. The molecule has 0 bridgehead atoms. The number of nitrogens with zero attached hydrogens (tertiary/aromatic N) is 1. The molecule has 2 fully saturated rings. The first kappa shape index (κ1) is 11.4. The lowest BCUT2D eigenvalue weighted by Crippen LogP contribution is -2.33. The van der Waals surface area contributed by atoms with Crippen molar-refractivity contribution in [3.8, 4) is 0 Å². The summed E-state index contributed by atoms with van der Waals surface area (Å²) < 4.78 is 5.47. The molecule has 2 heterocycles. The molecule has 0 aromatic carbocycles. The summed E-state index contributed by atoms with van der Waals surface area (Å²) >= 11 is 0. The highest BCUT2D eigenvalue weighted by atomic mass is 16.5. The molecule has 2 aliphatic heterocycles. The van der Waals surface area contributed by atoms with Crippen LogP contribution in [0, 0.1) is 11.3 Å². The minimum Gasteiger partial charge on any atom is -0.381 e. The van der Waals surface area contributed by atoms with E-state index in [1.54, 1.807) is 0 Å². The molecule has 0 aromatic heterocycles. The summed E-state index contributed by atoms with van der Waals surface area (Å²) in [5.41, 5.74) is 0.634. The fraction of sp³-hybridized carbons (Fsp3) is 1.00. The van der Waals surface area contributed by atoms with Crippen molar-refractivity contribution in [3.63, 3.8) is 0 Å². The fourth-order valence-electron chi connectivity index (χ4n) is 2.87. The van der Waals surface area contributed by atoms with Crippen molar-refractivity contribution < 1.29 is 4.74 Å². The number of hydrogen-bond acceptors (Lipinski definition) is 2. The van der Waals surface area contributed by atoms with E-state index in [1.165, 1.54) is 45.3 Å². The standard InChI is InChI=1S/C13H25NO/c1-12(2)3-7-14-8-4-13(11-14)5-9-15-10-6-13/h12H,3-11H2,1-2H3. The summed E-state index contributed by atoms with van der Waals surface area (Å²) in [6, 6.07) is 0. The Morgan fingerprint density at radius 3 is 2.60 bits per heavy atom. The molecule has 0 aromatic rings. The van der Waals surface area contributed by atoms with Crippen LogP contribution < -0.4 is 0 Å². The molecule has 2 rings (SSSR count). The highest BCUT2D eigenvalue weighted by Crippen LogP contribution is 2.39. The predicted molar refractivity (Wildman–Crippen MR) is 63.0 cm³/mol. The van der Waals surface area contributed by atoms with Crippen LogP contribution in [-0.2, 0) is 4.74 Å². The minimum atomic E-state index is 0.634. The van der Waals surface area contributed by atoms with Crippen molar-refractivity contribution >= 4 is 0 Å². The number of likely N-dealkylation sites (tertiary alicyclic amines) is 1. The van der Waals surface area contributed by atoms with Crippen LogP contribution in [0.2, 0.25) is 0 Å². The van der Waals surface area contributed by atoms with Gasteiger partial charge >= 0.3 is 0 Å². The SMILES string of the molecule is CC(C)CCN1CCC2(CCOCC2)C1. The lowest BCUT2D eigenvalue weighted by Gasteiger charge is -2.33. The molecule has 2 heteroatoms. The Labute approximate surface area is 94.0 Å². The largest absolute Gasteiger partial charge is 0.381 e. The number of ether oxygens (including phenoxy) is 1. The van der Waals surface area contributed by atoms with Crippen LogP contribution in [0.4, 0.5) is 0 Å². The van der Waals surface area contributed by atoms with Crippen LogP contribution in [0.25, 0.3) is 0 Å². The van der Waals surface area contributed by atoms with Gasteiger partial charge in [0, 0.05) is 19.8 Å². The van der Waals surface area contributed by atoms with Crippen LogP contribution in [0.15, 0.2) is 0 Å². The average molecular weight is 211 g/mol. The lowest BCUT2D eigenvalue weighted by molar-refractivity contribution is 0.0192. The van der Waals surface area contributed by atoms with Gasteiger partial charge in [-0.15, -0.1) is 0 Å². The summed E-state index contributed by atoms with van der Waals surface area (Å²) in [5.74, 6) is 0.844. The van der Waals surface area contributed by atoms with Crippen molar-refractivity contribution in [2.75, 3.05) is 32.8 Å². The van der Waals surface area contributed by atoms with Crippen molar-refractivity contribution in [1.29, 1.82) is 0 Å². The fourth-order valence-corrected chi connectivity index (χ4v) is 2.87. The molecule has 0 saturated carbocycles. The maximum absolute atomic E-state index is 5.47. The van der Waals surface area contributed by atoms with E-state index in [-0.39, 0.29) is 0 Å². The van der Waals surface area contributed by atoms with Gasteiger partial charge in [-0.3, -0.25) is 0 Å². The highest BCUT2D eigenvalue weighted by Gasteiger charge is 2.38. The molecule has 1 spiro atoms. The second-order valence-electron chi connectivity index (χ2n) is 5.82. The zero-order valence-electron chi connectivity index (χ0n) is 10.3. The average Bonchev–Trinajstić information content (AvgIpc) is 2.60. The summed E-state index contributed by atoms with van der Waals surface area (Å²) in [7, 11) is 0. The van der Waals surface area contributed by atoms with E-state index in [2.05, 4.69) is 18.7 Å².